The fourth-order valence-corrected chi connectivity index (χ4v) is 2.68. The lowest BCUT2D eigenvalue weighted by Gasteiger charge is -2.35. The van der Waals surface area contributed by atoms with Gasteiger partial charge >= 0.3 is 6.03 Å². The maximum Gasteiger partial charge on any atom is 0.312 e. The number of hydrogen-bond acceptors (Lipinski definition) is 4. The molecule has 1 atom stereocenters. The minimum absolute atomic E-state index is 0.126. The molecule has 2 amide bonds. The maximum atomic E-state index is 11.3. The van der Waals surface area contributed by atoms with Gasteiger partial charge in [-0.2, -0.15) is 0 Å². The van der Waals surface area contributed by atoms with Crippen LogP contribution in [0, 0.1) is 0 Å². The smallest absolute Gasteiger partial charge is 0.312 e. The lowest BCUT2D eigenvalue weighted by Crippen LogP contribution is -2.48. The number of hydrogen-bond donors (Lipinski definition) is 2. The zero-order valence-corrected chi connectivity index (χ0v) is 15.4. The van der Waals surface area contributed by atoms with E-state index in [0.29, 0.717) is 26.2 Å². The van der Waals surface area contributed by atoms with E-state index in [9.17, 15) is 4.79 Å². The minimum Gasteiger partial charge on any atom is -0.352 e. The number of rotatable bonds is 15. The second-order valence-corrected chi connectivity index (χ2v) is 5.59. The van der Waals surface area contributed by atoms with Gasteiger partial charge < -0.3 is 25.3 Å². The van der Waals surface area contributed by atoms with Gasteiger partial charge in [0.05, 0.1) is 0 Å². The van der Waals surface area contributed by atoms with Crippen LogP contribution in [0.2, 0.25) is 0 Å². The van der Waals surface area contributed by atoms with Crippen LogP contribution in [0.25, 0.3) is 0 Å². The van der Waals surface area contributed by atoms with Crippen LogP contribution in [0.5, 0.6) is 0 Å². The summed E-state index contributed by atoms with van der Waals surface area (Å²) in [5, 5.41) is 2.80. The third kappa shape index (κ3) is 10.5. The van der Waals surface area contributed by atoms with Gasteiger partial charge in [-0.3, -0.25) is 0 Å². The minimum atomic E-state index is -1.12. The molecule has 0 saturated heterocycles. The first-order valence-electron chi connectivity index (χ1n) is 9.01. The molecule has 0 fully saturated rings. The van der Waals surface area contributed by atoms with E-state index in [4.69, 9.17) is 19.9 Å². The van der Waals surface area contributed by atoms with Crippen LogP contribution in [0.4, 0.5) is 4.79 Å². The van der Waals surface area contributed by atoms with Gasteiger partial charge in [-0.05, 0) is 27.2 Å². The molecule has 0 spiro atoms. The highest BCUT2D eigenvalue weighted by atomic mass is 16.9. The van der Waals surface area contributed by atoms with Crippen molar-refractivity contribution in [2.45, 2.75) is 84.7 Å². The molecule has 1 unspecified atom stereocenters. The zero-order chi connectivity index (χ0) is 17.6. The van der Waals surface area contributed by atoms with Crippen molar-refractivity contribution >= 4 is 6.03 Å². The quantitative estimate of drug-likeness (QED) is 0.355. The van der Waals surface area contributed by atoms with Crippen molar-refractivity contribution in [3.05, 3.63) is 0 Å². The van der Waals surface area contributed by atoms with Crippen LogP contribution in [-0.2, 0) is 14.2 Å². The van der Waals surface area contributed by atoms with Crippen LogP contribution in [-0.4, -0.2) is 37.9 Å². The van der Waals surface area contributed by atoms with Gasteiger partial charge in [0.1, 0.15) is 0 Å². The molecule has 138 valence electrons. The lowest BCUT2D eigenvalue weighted by molar-refractivity contribution is -0.381. The first kappa shape index (κ1) is 22.1. The van der Waals surface area contributed by atoms with Gasteiger partial charge in [-0.25, -0.2) is 4.79 Å². The average Bonchev–Trinajstić information content (AvgIpc) is 2.47. The number of unbranched alkanes of at least 4 members (excludes halogenated alkanes) is 4. The van der Waals surface area contributed by atoms with E-state index in [1.54, 1.807) is 0 Å². The summed E-state index contributed by atoms with van der Waals surface area (Å²) in [7, 11) is 0. The van der Waals surface area contributed by atoms with Gasteiger partial charge in [0.15, 0.2) is 0 Å². The van der Waals surface area contributed by atoms with E-state index in [2.05, 4.69) is 12.2 Å². The number of carbonyl (C=O) groups excluding carboxylic acids is 1. The standard InChI is InChI=1S/C17H36N2O4/c1-5-9-10-11-12-13-15(19-16(18)20)14-17(21-6-2,22-7-3)23-8-4/h15H,5-14H2,1-4H3,(H3,18,19,20). The lowest BCUT2D eigenvalue weighted by atomic mass is 10.0. The predicted octanol–water partition coefficient (Wildman–Crippen LogP) is 3.54. The molecule has 0 aromatic heterocycles. The molecule has 6 nitrogen and oxygen atoms in total. The molecule has 0 rings (SSSR count). The zero-order valence-electron chi connectivity index (χ0n) is 15.4. The summed E-state index contributed by atoms with van der Waals surface area (Å²) >= 11 is 0. The van der Waals surface area contributed by atoms with Gasteiger partial charge in [0, 0.05) is 32.3 Å². The molecule has 0 heterocycles. The Morgan fingerprint density at radius 1 is 0.957 bits per heavy atom. The number of nitrogens with two attached hydrogens (primary N) is 1. The summed E-state index contributed by atoms with van der Waals surface area (Å²) in [5.74, 6) is -1.12. The summed E-state index contributed by atoms with van der Waals surface area (Å²) in [6, 6.07) is -0.652. The predicted molar refractivity (Wildman–Crippen MR) is 92.1 cm³/mol. The Labute approximate surface area is 141 Å². The monoisotopic (exact) mass is 332 g/mol. The van der Waals surface area contributed by atoms with Crippen molar-refractivity contribution in [1.29, 1.82) is 0 Å². The highest BCUT2D eigenvalue weighted by molar-refractivity contribution is 5.71. The highest BCUT2D eigenvalue weighted by Crippen LogP contribution is 2.24. The SMILES string of the molecule is CCCCCCCC(CC(OCC)(OCC)OCC)NC(N)=O. The van der Waals surface area contributed by atoms with E-state index in [1.807, 2.05) is 20.8 Å². The summed E-state index contributed by atoms with van der Waals surface area (Å²) in [6.07, 6.45) is 7.12. The topological polar surface area (TPSA) is 82.8 Å². The largest absolute Gasteiger partial charge is 0.352 e. The van der Waals surface area contributed by atoms with Crippen LogP contribution < -0.4 is 11.1 Å². The molecule has 0 aliphatic heterocycles. The van der Waals surface area contributed by atoms with Crippen LogP contribution in [0.1, 0.15) is 72.6 Å². The van der Waals surface area contributed by atoms with Gasteiger partial charge in [0.2, 0.25) is 0 Å². The first-order valence-corrected chi connectivity index (χ1v) is 9.01. The molecule has 3 N–H and O–H groups in total. The molecule has 23 heavy (non-hydrogen) atoms. The van der Waals surface area contributed by atoms with Crippen LogP contribution in [0.15, 0.2) is 0 Å². The molecular formula is C17H36N2O4. The van der Waals surface area contributed by atoms with Crippen molar-refractivity contribution in [1.82, 2.24) is 5.32 Å². The summed E-state index contributed by atoms with van der Waals surface area (Å²) in [6.45, 7) is 9.30. The van der Waals surface area contributed by atoms with E-state index in [0.717, 1.165) is 19.3 Å². The van der Waals surface area contributed by atoms with E-state index < -0.39 is 12.0 Å². The Morgan fingerprint density at radius 2 is 1.48 bits per heavy atom. The maximum absolute atomic E-state index is 11.3. The Kier molecular flexibility index (Phi) is 13.1. The van der Waals surface area contributed by atoms with Crippen molar-refractivity contribution in [2.24, 2.45) is 5.73 Å². The molecule has 0 bridgehead atoms. The number of ether oxygens (including phenoxy) is 3. The molecule has 0 radical (unpaired) electrons. The normalized spacial score (nSPS) is 13.0. The average molecular weight is 332 g/mol. The van der Waals surface area contributed by atoms with E-state index in [-0.39, 0.29) is 6.04 Å². The number of urea groups is 1. The Morgan fingerprint density at radius 3 is 1.91 bits per heavy atom. The molecule has 0 aromatic carbocycles. The van der Waals surface area contributed by atoms with E-state index in [1.165, 1.54) is 19.3 Å². The third-order valence-electron chi connectivity index (χ3n) is 3.59. The van der Waals surface area contributed by atoms with Crippen LogP contribution >= 0.6 is 0 Å². The van der Waals surface area contributed by atoms with Crippen LogP contribution in [0.3, 0.4) is 0 Å². The van der Waals surface area contributed by atoms with E-state index >= 15 is 0 Å². The first-order chi connectivity index (χ1) is 11.0. The van der Waals surface area contributed by atoms with Crippen molar-refractivity contribution in [3.8, 4) is 0 Å². The summed E-state index contributed by atoms with van der Waals surface area (Å²) in [4.78, 5) is 11.3. The molecule has 0 aromatic rings. The second-order valence-electron chi connectivity index (χ2n) is 5.59. The Balaban J connectivity index is 4.72. The molecule has 6 heteroatoms. The third-order valence-corrected chi connectivity index (χ3v) is 3.59. The summed E-state index contributed by atoms with van der Waals surface area (Å²) in [5.41, 5.74) is 5.31. The number of amides is 2. The fourth-order valence-electron chi connectivity index (χ4n) is 2.68. The Bertz CT molecular complexity index is 283. The number of nitrogens with one attached hydrogen (secondary N) is 1. The molecule has 0 saturated carbocycles. The van der Waals surface area contributed by atoms with Gasteiger partial charge in [-0.15, -0.1) is 0 Å². The number of carbonyl (C=O) groups is 1. The second kappa shape index (κ2) is 13.6. The van der Waals surface area contributed by atoms with Gasteiger partial charge in [0.25, 0.3) is 5.97 Å². The molecule has 0 aliphatic rings. The van der Waals surface area contributed by atoms with Crippen molar-refractivity contribution in [2.75, 3.05) is 19.8 Å². The van der Waals surface area contributed by atoms with Crippen molar-refractivity contribution < 1.29 is 19.0 Å². The molecular weight excluding hydrogens is 296 g/mol. The van der Waals surface area contributed by atoms with Crippen molar-refractivity contribution in [3.63, 3.8) is 0 Å². The highest BCUT2D eigenvalue weighted by Gasteiger charge is 2.36. The molecule has 0 aliphatic carbocycles. The van der Waals surface area contributed by atoms with Gasteiger partial charge in [-0.1, -0.05) is 39.0 Å². The summed E-state index contributed by atoms with van der Waals surface area (Å²) < 4.78 is 17.2. The number of primary amides is 1. The fraction of sp³-hybridized carbons (Fsp3) is 0.941. The Hall–Kier alpha value is -0.850.